The van der Waals surface area contributed by atoms with E-state index >= 15 is 0 Å². The number of methoxy groups -OCH3 is 1. The lowest BCUT2D eigenvalue weighted by molar-refractivity contribution is -0.113. The summed E-state index contributed by atoms with van der Waals surface area (Å²) in [4.78, 5) is 11.6. The lowest BCUT2D eigenvalue weighted by Gasteiger charge is -2.15. The summed E-state index contributed by atoms with van der Waals surface area (Å²) in [6, 6.07) is 5.25. The highest BCUT2D eigenvalue weighted by molar-refractivity contribution is 8.00. The summed E-state index contributed by atoms with van der Waals surface area (Å²) in [5.41, 5.74) is 1.79. The normalized spacial score (nSPS) is 18.1. The second-order valence-corrected chi connectivity index (χ2v) is 5.46. The third-order valence-corrected chi connectivity index (χ3v) is 4.39. The molecule has 0 saturated heterocycles. The summed E-state index contributed by atoms with van der Waals surface area (Å²) < 4.78 is 5.04. The highest BCUT2D eigenvalue weighted by atomic mass is 32.2. The number of rotatable bonds is 2. The van der Waals surface area contributed by atoms with Gasteiger partial charge in [0.25, 0.3) is 0 Å². The Labute approximate surface area is 119 Å². The fourth-order valence-corrected chi connectivity index (χ4v) is 3.25. The van der Waals surface area contributed by atoms with Gasteiger partial charge in [0.2, 0.25) is 5.91 Å². The van der Waals surface area contributed by atoms with Crippen molar-refractivity contribution in [3.05, 3.63) is 35.5 Å². The summed E-state index contributed by atoms with van der Waals surface area (Å²) in [7, 11) is 1.51. The number of carbonyl (C=O) groups excluding carboxylic acids is 1. The lowest BCUT2D eigenvalue weighted by atomic mass is 10.1. The molecule has 1 aliphatic rings. The number of aromatic hydroxyl groups is 1. The molecule has 0 radical (unpaired) electrons. The van der Waals surface area contributed by atoms with E-state index in [1.807, 2.05) is 6.07 Å². The van der Waals surface area contributed by atoms with Gasteiger partial charge in [0, 0.05) is 5.56 Å². The van der Waals surface area contributed by atoms with Crippen LogP contribution in [0.1, 0.15) is 16.4 Å². The smallest absolute Gasteiger partial charge is 0.235 e. The standard InChI is InChI=1S/C13H13N3O3S/c1-19-10-3-2-7(4-9(10)17)12-8-5-14-16-13(8)15-11(18)6-20-12/h2-5,12,17H,6H2,1H3,(H2,14,15,16,18). The number of nitrogens with zero attached hydrogens (tertiary/aromatic N) is 1. The molecule has 1 unspecified atom stereocenters. The van der Waals surface area contributed by atoms with Crippen LogP contribution in [0.2, 0.25) is 0 Å². The van der Waals surface area contributed by atoms with Gasteiger partial charge in [0.1, 0.15) is 5.82 Å². The Morgan fingerprint density at radius 2 is 2.35 bits per heavy atom. The van der Waals surface area contributed by atoms with Crippen LogP contribution >= 0.6 is 11.8 Å². The zero-order chi connectivity index (χ0) is 14.1. The van der Waals surface area contributed by atoms with Gasteiger partial charge in [0.05, 0.1) is 24.3 Å². The Kier molecular flexibility index (Phi) is 3.27. The molecule has 7 heteroatoms. The molecule has 0 saturated carbocycles. The number of thioether (sulfide) groups is 1. The van der Waals surface area contributed by atoms with E-state index in [0.29, 0.717) is 17.3 Å². The van der Waals surface area contributed by atoms with Crippen LogP contribution in [0.3, 0.4) is 0 Å². The topological polar surface area (TPSA) is 87.2 Å². The van der Waals surface area contributed by atoms with Crippen molar-refractivity contribution in [3.8, 4) is 11.5 Å². The van der Waals surface area contributed by atoms with Crippen LogP contribution in [0.15, 0.2) is 24.4 Å². The molecule has 0 aliphatic carbocycles. The van der Waals surface area contributed by atoms with Crippen molar-refractivity contribution >= 4 is 23.5 Å². The first-order valence-electron chi connectivity index (χ1n) is 6.00. The van der Waals surface area contributed by atoms with Crippen molar-refractivity contribution in [2.45, 2.75) is 5.25 Å². The van der Waals surface area contributed by atoms with Crippen LogP contribution < -0.4 is 10.1 Å². The number of phenolic OH excluding ortho intramolecular Hbond substituents is 1. The molecular weight excluding hydrogens is 278 g/mol. The number of phenols is 1. The average Bonchev–Trinajstić information content (AvgIpc) is 2.81. The Bertz CT molecular complexity index is 656. The quantitative estimate of drug-likeness (QED) is 0.786. The van der Waals surface area contributed by atoms with E-state index in [1.54, 1.807) is 18.3 Å². The van der Waals surface area contributed by atoms with Crippen molar-refractivity contribution in [1.29, 1.82) is 0 Å². The first-order valence-corrected chi connectivity index (χ1v) is 7.05. The molecule has 3 N–H and O–H groups in total. The lowest BCUT2D eigenvalue weighted by Crippen LogP contribution is -2.12. The molecular formula is C13H13N3O3S. The second-order valence-electron chi connectivity index (χ2n) is 4.37. The van der Waals surface area contributed by atoms with Gasteiger partial charge in [-0.2, -0.15) is 5.10 Å². The fraction of sp³-hybridized carbons (Fsp3) is 0.231. The van der Waals surface area contributed by atoms with E-state index in [4.69, 9.17) is 4.74 Å². The van der Waals surface area contributed by atoms with E-state index in [2.05, 4.69) is 15.5 Å². The van der Waals surface area contributed by atoms with E-state index in [0.717, 1.165) is 11.1 Å². The SMILES string of the molecule is COc1ccc(C2SCC(=O)Nc3[nH]ncc32)cc1O. The number of nitrogens with one attached hydrogen (secondary N) is 2. The molecule has 20 heavy (non-hydrogen) atoms. The number of ether oxygens (including phenoxy) is 1. The number of anilines is 1. The molecule has 1 aliphatic heterocycles. The van der Waals surface area contributed by atoms with Gasteiger partial charge in [0.15, 0.2) is 11.5 Å². The van der Waals surface area contributed by atoms with Gasteiger partial charge >= 0.3 is 0 Å². The summed E-state index contributed by atoms with van der Waals surface area (Å²) in [5.74, 6) is 1.40. The van der Waals surface area contributed by atoms with E-state index in [-0.39, 0.29) is 16.9 Å². The number of carbonyl (C=O) groups is 1. The van der Waals surface area contributed by atoms with Gasteiger partial charge in [-0.15, -0.1) is 11.8 Å². The maximum atomic E-state index is 11.6. The van der Waals surface area contributed by atoms with Crippen molar-refractivity contribution < 1.29 is 14.6 Å². The minimum absolute atomic E-state index is 0.0688. The Hall–Kier alpha value is -2.15. The molecule has 6 nitrogen and oxygen atoms in total. The van der Waals surface area contributed by atoms with Gasteiger partial charge in [-0.25, -0.2) is 0 Å². The van der Waals surface area contributed by atoms with Crippen molar-refractivity contribution in [1.82, 2.24) is 10.2 Å². The Morgan fingerprint density at radius 1 is 1.50 bits per heavy atom. The van der Waals surface area contributed by atoms with Crippen LogP contribution in [0.25, 0.3) is 0 Å². The van der Waals surface area contributed by atoms with Crippen LogP contribution in [-0.4, -0.2) is 34.1 Å². The van der Waals surface area contributed by atoms with Crippen LogP contribution in [-0.2, 0) is 4.79 Å². The minimum atomic E-state index is -0.0699. The Morgan fingerprint density at radius 3 is 3.10 bits per heavy atom. The van der Waals surface area contributed by atoms with Crippen molar-refractivity contribution in [2.75, 3.05) is 18.2 Å². The predicted octanol–water partition coefficient (Wildman–Crippen LogP) is 1.90. The van der Waals surface area contributed by atoms with Crippen molar-refractivity contribution in [3.63, 3.8) is 0 Å². The molecule has 0 fully saturated rings. The molecule has 1 atom stereocenters. The molecule has 2 heterocycles. The third kappa shape index (κ3) is 2.20. The number of aromatic nitrogens is 2. The summed E-state index contributed by atoms with van der Waals surface area (Å²) in [6.45, 7) is 0. The molecule has 0 bridgehead atoms. The first-order chi connectivity index (χ1) is 9.69. The number of benzene rings is 1. The molecule has 1 aromatic carbocycles. The van der Waals surface area contributed by atoms with Gasteiger partial charge in [-0.1, -0.05) is 6.07 Å². The molecule has 2 aromatic rings. The molecule has 1 amide bonds. The maximum absolute atomic E-state index is 11.6. The average molecular weight is 291 g/mol. The summed E-state index contributed by atoms with van der Waals surface area (Å²) in [5, 5.41) is 19.4. The number of hydrogen-bond acceptors (Lipinski definition) is 5. The minimum Gasteiger partial charge on any atom is -0.504 e. The number of fused-ring (bicyclic) bond motifs is 1. The predicted molar refractivity (Wildman–Crippen MR) is 76.2 cm³/mol. The molecule has 1 aromatic heterocycles. The highest BCUT2D eigenvalue weighted by Gasteiger charge is 2.26. The van der Waals surface area contributed by atoms with E-state index < -0.39 is 0 Å². The molecule has 3 rings (SSSR count). The molecule has 104 valence electrons. The number of hydrogen-bond donors (Lipinski definition) is 3. The second kappa shape index (κ2) is 5.09. The first kappa shape index (κ1) is 12.9. The van der Waals surface area contributed by atoms with Crippen LogP contribution in [0.5, 0.6) is 11.5 Å². The number of aromatic amines is 1. The Balaban J connectivity index is 2.02. The van der Waals surface area contributed by atoms with E-state index in [1.165, 1.54) is 18.9 Å². The highest BCUT2D eigenvalue weighted by Crippen LogP contribution is 2.42. The fourth-order valence-electron chi connectivity index (χ4n) is 2.16. The molecule has 0 spiro atoms. The maximum Gasteiger partial charge on any atom is 0.235 e. The zero-order valence-electron chi connectivity index (χ0n) is 10.7. The van der Waals surface area contributed by atoms with Crippen LogP contribution in [0, 0.1) is 0 Å². The monoisotopic (exact) mass is 291 g/mol. The van der Waals surface area contributed by atoms with Gasteiger partial charge in [-0.05, 0) is 17.7 Å². The number of amides is 1. The van der Waals surface area contributed by atoms with Gasteiger partial charge in [-0.3, -0.25) is 9.89 Å². The zero-order valence-corrected chi connectivity index (χ0v) is 11.5. The summed E-state index contributed by atoms with van der Waals surface area (Å²) in [6.07, 6.45) is 1.69. The van der Waals surface area contributed by atoms with Crippen LogP contribution in [0.4, 0.5) is 5.82 Å². The largest absolute Gasteiger partial charge is 0.504 e. The number of H-pyrrole nitrogens is 1. The van der Waals surface area contributed by atoms with Gasteiger partial charge < -0.3 is 15.2 Å². The summed E-state index contributed by atoms with van der Waals surface area (Å²) >= 11 is 1.49. The van der Waals surface area contributed by atoms with Crippen molar-refractivity contribution in [2.24, 2.45) is 0 Å². The third-order valence-electron chi connectivity index (χ3n) is 3.10. The van der Waals surface area contributed by atoms with E-state index in [9.17, 15) is 9.90 Å².